The molecule has 0 aromatic heterocycles. The predicted molar refractivity (Wildman–Crippen MR) is 78.7 cm³/mol. The van der Waals surface area contributed by atoms with Gasteiger partial charge in [-0.15, -0.1) is 0 Å². The standard InChI is InChI=1S/C16H32N2/c1-6-7-16(8-9-17-11-16)12-18-10-13-14(2,3)15(13,4)5/h13,17-18H,6-12H2,1-5H3. The average Bonchev–Trinajstić information content (AvgIpc) is 2.68. The van der Waals surface area contributed by atoms with E-state index in [4.69, 9.17) is 0 Å². The quantitative estimate of drug-likeness (QED) is 0.759. The molecule has 1 heterocycles. The van der Waals surface area contributed by atoms with Crippen LogP contribution in [0, 0.1) is 22.2 Å². The average molecular weight is 252 g/mol. The second-order valence-corrected chi connectivity index (χ2v) is 7.80. The molecule has 0 aromatic rings. The molecule has 2 heteroatoms. The number of rotatable bonds is 6. The van der Waals surface area contributed by atoms with E-state index in [-0.39, 0.29) is 0 Å². The Balaban J connectivity index is 1.78. The van der Waals surface area contributed by atoms with Crippen molar-refractivity contribution in [2.24, 2.45) is 22.2 Å². The molecule has 0 spiro atoms. The van der Waals surface area contributed by atoms with Gasteiger partial charge in [-0.05, 0) is 48.1 Å². The van der Waals surface area contributed by atoms with Crippen molar-refractivity contribution < 1.29 is 0 Å². The third kappa shape index (κ3) is 2.34. The largest absolute Gasteiger partial charge is 0.316 e. The zero-order valence-corrected chi connectivity index (χ0v) is 13.0. The van der Waals surface area contributed by atoms with E-state index in [9.17, 15) is 0 Å². The third-order valence-electron chi connectivity index (χ3n) is 6.28. The highest BCUT2D eigenvalue weighted by molar-refractivity contribution is 5.12. The van der Waals surface area contributed by atoms with Crippen LogP contribution in [0.4, 0.5) is 0 Å². The number of nitrogens with one attached hydrogen (secondary N) is 2. The Hall–Kier alpha value is -0.0800. The Labute approximate surface area is 113 Å². The summed E-state index contributed by atoms with van der Waals surface area (Å²) in [5.74, 6) is 0.845. The highest BCUT2D eigenvalue weighted by atomic mass is 15.0. The van der Waals surface area contributed by atoms with E-state index >= 15 is 0 Å². The molecule has 1 unspecified atom stereocenters. The summed E-state index contributed by atoms with van der Waals surface area (Å²) in [6.07, 6.45) is 4.03. The van der Waals surface area contributed by atoms with E-state index < -0.39 is 0 Å². The van der Waals surface area contributed by atoms with Crippen molar-refractivity contribution >= 4 is 0 Å². The summed E-state index contributed by atoms with van der Waals surface area (Å²) in [7, 11) is 0. The molecule has 0 amide bonds. The Morgan fingerprint density at radius 3 is 2.28 bits per heavy atom. The second kappa shape index (κ2) is 4.79. The van der Waals surface area contributed by atoms with Crippen LogP contribution in [0.3, 0.4) is 0 Å². The molecule has 0 aromatic carbocycles. The van der Waals surface area contributed by atoms with Crippen molar-refractivity contribution in [1.82, 2.24) is 10.6 Å². The van der Waals surface area contributed by atoms with Gasteiger partial charge >= 0.3 is 0 Å². The van der Waals surface area contributed by atoms with Crippen LogP contribution < -0.4 is 10.6 Å². The molecule has 2 rings (SSSR count). The first kappa shape index (κ1) is 14.3. The van der Waals surface area contributed by atoms with Crippen LogP contribution in [0.1, 0.15) is 53.9 Å². The summed E-state index contributed by atoms with van der Waals surface area (Å²) in [6.45, 7) is 16.8. The molecular formula is C16H32N2. The monoisotopic (exact) mass is 252 g/mol. The molecule has 2 N–H and O–H groups in total. The highest BCUT2D eigenvalue weighted by Crippen LogP contribution is 2.67. The Kier molecular flexibility index (Phi) is 3.81. The van der Waals surface area contributed by atoms with Crippen LogP contribution in [0.15, 0.2) is 0 Å². The minimum absolute atomic E-state index is 0.520. The molecule has 18 heavy (non-hydrogen) atoms. The second-order valence-electron chi connectivity index (χ2n) is 7.80. The molecule has 106 valence electrons. The summed E-state index contributed by atoms with van der Waals surface area (Å²) in [5.41, 5.74) is 1.58. The number of hydrogen-bond donors (Lipinski definition) is 2. The van der Waals surface area contributed by atoms with E-state index in [0.29, 0.717) is 16.2 Å². The fraction of sp³-hybridized carbons (Fsp3) is 1.00. The van der Waals surface area contributed by atoms with Gasteiger partial charge in [0.15, 0.2) is 0 Å². The molecule has 2 fully saturated rings. The van der Waals surface area contributed by atoms with Crippen LogP contribution in [0.2, 0.25) is 0 Å². The van der Waals surface area contributed by atoms with Crippen LogP contribution >= 0.6 is 0 Å². The lowest BCUT2D eigenvalue weighted by Gasteiger charge is -2.28. The molecule has 2 nitrogen and oxygen atoms in total. The molecule has 2 aliphatic rings. The van der Waals surface area contributed by atoms with Gasteiger partial charge in [0.05, 0.1) is 0 Å². The molecule has 1 saturated carbocycles. The van der Waals surface area contributed by atoms with Gasteiger partial charge in [0.1, 0.15) is 0 Å². The zero-order valence-electron chi connectivity index (χ0n) is 13.0. The molecular weight excluding hydrogens is 220 g/mol. The molecule has 1 aliphatic carbocycles. The van der Waals surface area contributed by atoms with Crippen LogP contribution in [-0.4, -0.2) is 26.2 Å². The van der Waals surface area contributed by atoms with Crippen LogP contribution in [0.5, 0.6) is 0 Å². The molecule has 0 radical (unpaired) electrons. The maximum Gasteiger partial charge on any atom is 0.00206 e. The van der Waals surface area contributed by atoms with Gasteiger partial charge in [-0.1, -0.05) is 41.0 Å². The van der Waals surface area contributed by atoms with E-state index in [2.05, 4.69) is 45.3 Å². The van der Waals surface area contributed by atoms with E-state index in [1.54, 1.807) is 0 Å². The van der Waals surface area contributed by atoms with E-state index in [1.807, 2.05) is 0 Å². The smallest absolute Gasteiger partial charge is 0.00206 e. The van der Waals surface area contributed by atoms with Crippen molar-refractivity contribution in [3.8, 4) is 0 Å². The third-order valence-corrected chi connectivity index (χ3v) is 6.28. The summed E-state index contributed by atoms with van der Waals surface area (Å²) >= 11 is 0. The van der Waals surface area contributed by atoms with Crippen LogP contribution in [-0.2, 0) is 0 Å². The van der Waals surface area contributed by atoms with Gasteiger partial charge in [-0.3, -0.25) is 0 Å². The minimum atomic E-state index is 0.520. The van der Waals surface area contributed by atoms with E-state index in [1.165, 1.54) is 45.4 Å². The van der Waals surface area contributed by atoms with E-state index in [0.717, 1.165) is 5.92 Å². The first-order valence-corrected chi connectivity index (χ1v) is 7.77. The summed E-state index contributed by atoms with van der Waals surface area (Å²) in [4.78, 5) is 0. The van der Waals surface area contributed by atoms with Gasteiger partial charge in [0, 0.05) is 13.1 Å². The molecule has 1 atom stereocenters. The van der Waals surface area contributed by atoms with Gasteiger partial charge in [0.2, 0.25) is 0 Å². The first-order valence-electron chi connectivity index (χ1n) is 7.77. The Morgan fingerprint density at radius 1 is 1.17 bits per heavy atom. The maximum absolute atomic E-state index is 3.79. The fourth-order valence-electron chi connectivity index (χ4n) is 4.10. The number of hydrogen-bond acceptors (Lipinski definition) is 2. The van der Waals surface area contributed by atoms with Crippen molar-refractivity contribution in [1.29, 1.82) is 0 Å². The maximum atomic E-state index is 3.79. The first-order chi connectivity index (χ1) is 8.36. The summed E-state index contributed by atoms with van der Waals surface area (Å²) in [6, 6.07) is 0. The normalized spacial score (nSPS) is 33.8. The van der Waals surface area contributed by atoms with Crippen molar-refractivity contribution in [2.75, 3.05) is 26.2 Å². The predicted octanol–water partition coefficient (Wildman–Crippen LogP) is 3.04. The Bertz CT molecular complexity index is 273. The highest BCUT2D eigenvalue weighted by Gasteiger charge is 2.63. The van der Waals surface area contributed by atoms with Crippen molar-refractivity contribution in [3.63, 3.8) is 0 Å². The summed E-state index contributed by atoms with van der Waals surface area (Å²) < 4.78 is 0. The molecule has 0 bridgehead atoms. The topological polar surface area (TPSA) is 24.1 Å². The Morgan fingerprint density at radius 2 is 1.83 bits per heavy atom. The lowest BCUT2D eigenvalue weighted by Crippen LogP contribution is -2.37. The van der Waals surface area contributed by atoms with Crippen molar-refractivity contribution in [2.45, 2.75) is 53.9 Å². The van der Waals surface area contributed by atoms with Gasteiger partial charge in [0.25, 0.3) is 0 Å². The SMILES string of the molecule is CCCC1(CNCC2C(C)(C)C2(C)C)CCNC1. The van der Waals surface area contributed by atoms with Gasteiger partial charge < -0.3 is 10.6 Å². The minimum Gasteiger partial charge on any atom is -0.316 e. The van der Waals surface area contributed by atoms with Crippen LogP contribution in [0.25, 0.3) is 0 Å². The van der Waals surface area contributed by atoms with Gasteiger partial charge in [-0.25, -0.2) is 0 Å². The van der Waals surface area contributed by atoms with Crippen molar-refractivity contribution in [3.05, 3.63) is 0 Å². The molecule has 1 saturated heterocycles. The lowest BCUT2D eigenvalue weighted by atomic mass is 9.82. The molecule has 1 aliphatic heterocycles. The fourth-order valence-corrected chi connectivity index (χ4v) is 4.10. The lowest BCUT2D eigenvalue weighted by molar-refractivity contribution is 0.272. The zero-order chi connectivity index (χ0) is 13.4. The van der Waals surface area contributed by atoms with Gasteiger partial charge in [-0.2, -0.15) is 0 Å². The summed E-state index contributed by atoms with van der Waals surface area (Å²) in [5, 5.41) is 7.33.